The van der Waals surface area contributed by atoms with Gasteiger partial charge in [-0.15, -0.1) is 0 Å². The Morgan fingerprint density at radius 2 is 1.57 bits per heavy atom. The predicted molar refractivity (Wildman–Crippen MR) is 107 cm³/mol. The molecular weight excluding hydrogens is 357 g/mol. The molecule has 1 saturated heterocycles. The van der Waals surface area contributed by atoms with Crippen molar-refractivity contribution < 1.29 is 9.18 Å². The fraction of sp³-hybridized carbons (Fsp3) is 0.190. The minimum absolute atomic E-state index is 0.129. The summed E-state index contributed by atoms with van der Waals surface area (Å²) in [7, 11) is 0. The number of nitrogens with zero attached hydrogens (tertiary/aromatic N) is 4. The summed E-state index contributed by atoms with van der Waals surface area (Å²) in [6.45, 7) is 3.21. The van der Waals surface area contributed by atoms with Gasteiger partial charge < -0.3 is 15.1 Å². The van der Waals surface area contributed by atoms with Crippen molar-refractivity contribution in [3.63, 3.8) is 0 Å². The minimum Gasteiger partial charge on any atom is -0.368 e. The van der Waals surface area contributed by atoms with Crippen LogP contribution in [0, 0.1) is 5.82 Å². The summed E-state index contributed by atoms with van der Waals surface area (Å²) in [6, 6.07) is 17.8. The van der Waals surface area contributed by atoms with Gasteiger partial charge in [0.05, 0.1) is 5.69 Å². The van der Waals surface area contributed by atoms with E-state index >= 15 is 0 Å². The highest BCUT2D eigenvalue weighted by Gasteiger charge is 2.20. The van der Waals surface area contributed by atoms with Gasteiger partial charge in [-0.1, -0.05) is 30.3 Å². The molecule has 0 radical (unpaired) electrons. The van der Waals surface area contributed by atoms with Crippen molar-refractivity contribution in [1.82, 2.24) is 9.97 Å². The summed E-state index contributed by atoms with van der Waals surface area (Å²) in [4.78, 5) is 25.5. The molecule has 142 valence electrons. The van der Waals surface area contributed by atoms with Crippen LogP contribution in [0.4, 0.5) is 21.7 Å². The lowest BCUT2D eigenvalue weighted by atomic mass is 10.2. The van der Waals surface area contributed by atoms with Crippen molar-refractivity contribution >= 4 is 23.2 Å². The van der Waals surface area contributed by atoms with Gasteiger partial charge in [0.15, 0.2) is 0 Å². The van der Waals surface area contributed by atoms with Crippen LogP contribution in [0.1, 0.15) is 10.5 Å². The van der Waals surface area contributed by atoms with E-state index in [1.165, 1.54) is 23.9 Å². The second kappa shape index (κ2) is 8.04. The lowest BCUT2D eigenvalue weighted by Gasteiger charge is -2.36. The molecule has 7 heteroatoms. The lowest BCUT2D eigenvalue weighted by molar-refractivity contribution is 0.102. The monoisotopic (exact) mass is 377 g/mol. The van der Waals surface area contributed by atoms with Crippen LogP contribution in [0.3, 0.4) is 0 Å². The third-order valence-electron chi connectivity index (χ3n) is 4.68. The topological polar surface area (TPSA) is 61.4 Å². The second-order valence-electron chi connectivity index (χ2n) is 6.49. The number of aromatic nitrogens is 2. The number of nitrogens with one attached hydrogen (secondary N) is 1. The molecule has 1 fully saturated rings. The van der Waals surface area contributed by atoms with E-state index in [-0.39, 0.29) is 11.4 Å². The quantitative estimate of drug-likeness (QED) is 0.757. The van der Waals surface area contributed by atoms with Gasteiger partial charge in [-0.2, -0.15) is 0 Å². The minimum atomic E-state index is -0.484. The van der Waals surface area contributed by atoms with Crippen LogP contribution in [0.15, 0.2) is 66.9 Å². The number of halogens is 1. The van der Waals surface area contributed by atoms with Gasteiger partial charge in [0.25, 0.3) is 5.91 Å². The maximum atomic E-state index is 13.8. The van der Waals surface area contributed by atoms with Crippen LogP contribution in [0.25, 0.3) is 0 Å². The number of carbonyl (C=O) groups excluding carboxylic acids is 1. The number of amides is 1. The van der Waals surface area contributed by atoms with E-state index in [1.54, 1.807) is 18.3 Å². The summed E-state index contributed by atoms with van der Waals surface area (Å²) in [6.07, 6.45) is 1.56. The first-order valence-corrected chi connectivity index (χ1v) is 9.14. The van der Waals surface area contributed by atoms with Gasteiger partial charge in [0, 0.05) is 38.1 Å². The third kappa shape index (κ3) is 3.93. The van der Waals surface area contributed by atoms with Crippen molar-refractivity contribution in [2.75, 3.05) is 41.3 Å². The van der Waals surface area contributed by atoms with Gasteiger partial charge in [0.1, 0.15) is 11.5 Å². The lowest BCUT2D eigenvalue weighted by Crippen LogP contribution is -2.47. The van der Waals surface area contributed by atoms with E-state index in [0.29, 0.717) is 5.95 Å². The van der Waals surface area contributed by atoms with Gasteiger partial charge in [-0.3, -0.25) is 4.79 Å². The number of anilines is 3. The molecule has 4 rings (SSSR count). The van der Waals surface area contributed by atoms with E-state index in [9.17, 15) is 9.18 Å². The number of para-hydroxylation sites is 2. The van der Waals surface area contributed by atoms with Crippen LogP contribution >= 0.6 is 0 Å². The Kier molecular flexibility index (Phi) is 5.14. The first kappa shape index (κ1) is 17.9. The van der Waals surface area contributed by atoms with Crippen molar-refractivity contribution in [2.24, 2.45) is 0 Å². The molecule has 2 aromatic carbocycles. The SMILES string of the molecule is O=C(Nc1ccccc1F)c1ccnc(N2CCN(c3ccccc3)CC2)n1. The smallest absolute Gasteiger partial charge is 0.274 e. The van der Waals surface area contributed by atoms with Gasteiger partial charge in [0.2, 0.25) is 5.95 Å². The summed E-state index contributed by atoms with van der Waals surface area (Å²) < 4.78 is 13.8. The van der Waals surface area contributed by atoms with Crippen LogP contribution < -0.4 is 15.1 Å². The van der Waals surface area contributed by atoms with Crippen molar-refractivity contribution in [3.8, 4) is 0 Å². The standard InChI is InChI=1S/C21H20FN5O/c22-17-8-4-5-9-18(17)24-20(28)19-10-11-23-21(25-19)27-14-12-26(13-15-27)16-6-2-1-3-7-16/h1-11H,12-15H2,(H,24,28). The fourth-order valence-corrected chi connectivity index (χ4v) is 3.18. The molecule has 0 aliphatic carbocycles. The normalized spacial score (nSPS) is 14.0. The largest absolute Gasteiger partial charge is 0.368 e. The molecule has 6 nitrogen and oxygen atoms in total. The van der Waals surface area contributed by atoms with E-state index < -0.39 is 11.7 Å². The summed E-state index contributed by atoms with van der Waals surface area (Å²) >= 11 is 0. The van der Waals surface area contributed by atoms with Gasteiger partial charge >= 0.3 is 0 Å². The zero-order valence-electron chi connectivity index (χ0n) is 15.3. The molecule has 0 bridgehead atoms. The van der Waals surface area contributed by atoms with Crippen LogP contribution in [0.2, 0.25) is 0 Å². The number of carbonyl (C=O) groups is 1. The molecule has 3 aromatic rings. The maximum Gasteiger partial charge on any atom is 0.274 e. The second-order valence-corrected chi connectivity index (χ2v) is 6.49. The average Bonchev–Trinajstić information content (AvgIpc) is 2.76. The summed E-state index contributed by atoms with van der Waals surface area (Å²) in [5.41, 5.74) is 1.53. The Hall–Kier alpha value is -3.48. The van der Waals surface area contributed by atoms with E-state index in [2.05, 4.69) is 37.2 Å². The number of benzene rings is 2. The maximum absolute atomic E-state index is 13.8. The molecule has 0 saturated carbocycles. The van der Waals surface area contributed by atoms with Crippen LogP contribution in [-0.2, 0) is 0 Å². The molecule has 0 spiro atoms. The Balaban J connectivity index is 1.43. The summed E-state index contributed by atoms with van der Waals surface area (Å²) in [5.74, 6) is -0.437. The molecule has 0 unspecified atom stereocenters. The Bertz CT molecular complexity index is 958. The van der Waals surface area contributed by atoms with Crippen molar-refractivity contribution in [2.45, 2.75) is 0 Å². The van der Waals surface area contributed by atoms with Crippen LogP contribution in [-0.4, -0.2) is 42.1 Å². The third-order valence-corrected chi connectivity index (χ3v) is 4.68. The average molecular weight is 377 g/mol. The molecule has 1 amide bonds. The van der Waals surface area contributed by atoms with Crippen LogP contribution in [0.5, 0.6) is 0 Å². The molecular formula is C21H20FN5O. The van der Waals surface area contributed by atoms with Crippen molar-refractivity contribution in [1.29, 1.82) is 0 Å². The molecule has 1 aromatic heterocycles. The van der Waals surface area contributed by atoms with E-state index in [0.717, 1.165) is 26.2 Å². The molecule has 28 heavy (non-hydrogen) atoms. The van der Waals surface area contributed by atoms with E-state index in [4.69, 9.17) is 0 Å². The molecule has 1 aliphatic rings. The molecule has 1 N–H and O–H groups in total. The van der Waals surface area contributed by atoms with Crippen molar-refractivity contribution in [3.05, 3.63) is 78.4 Å². The highest BCUT2D eigenvalue weighted by molar-refractivity contribution is 6.03. The first-order chi connectivity index (χ1) is 13.7. The Labute approximate surface area is 162 Å². The number of rotatable bonds is 4. The molecule has 2 heterocycles. The molecule has 1 aliphatic heterocycles. The zero-order valence-corrected chi connectivity index (χ0v) is 15.3. The molecule has 0 atom stereocenters. The van der Waals surface area contributed by atoms with Gasteiger partial charge in [-0.05, 0) is 30.3 Å². The first-order valence-electron chi connectivity index (χ1n) is 9.14. The number of piperazine rings is 1. The predicted octanol–water partition coefficient (Wildman–Crippen LogP) is 3.19. The van der Waals surface area contributed by atoms with E-state index in [1.807, 2.05) is 18.2 Å². The Morgan fingerprint density at radius 1 is 0.893 bits per heavy atom. The van der Waals surface area contributed by atoms with Gasteiger partial charge in [-0.25, -0.2) is 14.4 Å². The highest BCUT2D eigenvalue weighted by atomic mass is 19.1. The zero-order chi connectivity index (χ0) is 19.3. The summed E-state index contributed by atoms with van der Waals surface area (Å²) in [5, 5.41) is 2.55. The number of hydrogen-bond donors (Lipinski definition) is 1. The highest BCUT2D eigenvalue weighted by Crippen LogP contribution is 2.18. The Morgan fingerprint density at radius 3 is 2.32 bits per heavy atom. The number of hydrogen-bond acceptors (Lipinski definition) is 5. The fourth-order valence-electron chi connectivity index (χ4n) is 3.18.